The molecule has 0 saturated heterocycles. The fourth-order valence-corrected chi connectivity index (χ4v) is 3.27. The second-order valence-corrected chi connectivity index (χ2v) is 6.38. The van der Waals surface area contributed by atoms with E-state index in [-0.39, 0.29) is 12.5 Å². The molecule has 1 unspecified atom stereocenters. The summed E-state index contributed by atoms with van der Waals surface area (Å²) < 4.78 is 5.74. The van der Waals surface area contributed by atoms with Gasteiger partial charge in [-0.3, -0.25) is 9.78 Å². The van der Waals surface area contributed by atoms with Crippen molar-refractivity contribution >= 4 is 5.91 Å². The number of hydrogen-bond acceptors (Lipinski definition) is 4. The second-order valence-electron chi connectivity index (χ2n) is 6.38. The molecule has 7 heteroatoms. The van der Waals surface area contributed by atoms with Crippen LogP contribution in [-0.2, 0) is 6.61 Å². The molecule has 3 aromatic rings. The van der Waals surface area contributed by atoms with Crippen LogP contribution in [0, 0.1) is 0 Å². The average Bonchev–Trinajstić information content (AvgIpc) is 2.76. The molecule has 2 heterocycles. The van der Waals surface area contributed by atoms with Gasteiger partial charge in [0.05, 0.1) is 18.8 Å². The van der Waals surface area contributed by atoms with Crippen LogP contribution in [-0.4, -0.2) is 17.4 Å². The van der Waals surface area contributed by atoms with E-state index in [9.17, 15) is 4.79 Å². The molecule has 4 rings (SSSR count). The summed E-state index contributed by atoms with van der Waals surface area (Å²) in [6, 6.07) is 16.5. The van der Waals surface area contributed by atoms with Gasteiger partial charge in [-0.2, -0.15) is 0 Å². The van der Waals surface area contributed by atoms with Gasteiger partial charge in [-0.05, 0) is 40.4 Å². The maximum absolute atomic E-state index is 12.8. The highest BCUT2D eigenvalue weighted by molar-refractivity contribution is 5.95. The number of azide groups is 1. The van der Waals surface area contributed by atoms with Crippen LogP contribution in [0.15, 0.2) is 72.1 Å². The summed E-state index contributed by atoms with van der Waals surface area (Å²) in [7, 11) is 0. The van der Waals surface area contributed by atoms with Crippen LogP contribution in [0.25, 0.3) is 21.6 Å². The van der Waals surface area contributed by atoms with E-state index in [0.29, 0.717) is 12.2 Å². The fraction of sp³-hybridized carbons (Fsp3) is 0.143. The smallest absolute Gasteiger partial charge is 0.251 e. The maximum atomic E-state index is 12.8. The molecule has 1 aromatic heterocycles. The van der Waals surface area contributed by atoms with E-state index in [0.717, 1.165) is 28.0 Å². The molecule has 1 N–H and O–H groups in total. The van der Waals surface area contributed by atoms with Crippen LogP contribution >= 0.6 is 0 Å². The maximum Gasteiger partial charge on any atom is 0.251 e. The van der Waals surface area contributed by atoms with Crippen molar-refractivity contribution in [1.29, 1.82) is 0 Å². The van der Waals surface area contributed by atoms with Gasteiger partial charge in [0.25, 0.3) is 5.91 Å². The predicted molar refractivity (Wildman–Crippen MR) is 105 cm³/mol. The number of ether oxygens (including phenoxy) is 1. The van der Waals surface area contributed by atoms with Crippen LogP contribution in [0.3, 0.4) is 0 Å². The summed E-state index contributed by atoms with van der Waals surface area (Å²) in [4.78, 5) is 19.7. The first kappa shape index (κ1) is 17.6. The molecule has 0 saturated carbocycles. The van der Waals surface area contributed by atoms with Gasteiger partial charge >= 0.3 is 0 Å². The van der Waals surface area contributed by atoms with Crippen molar-refractivity contribution in [2.24, 2.45) is 5.11 Å². The zero-order valence-corrected chi connectivity index (χ0v) is 14.9. The van der Waals surface area contributed by atoms with Gasteiger partial charge in [-0.15, -0.1) is 0 Å². The molecule has 0 spiro atoms. The lowest BCUT2D eigenvalue weighted by Gasteiger charge is -2.21. The topological polar surface area (TPSA) is 100.0 Å². The monoisotopic (exact) mass is 371 g/mol. The summed E-state index contributed by atoms with van der Waals surface area (Å²) in [6.45, 7) is 0.524. The van der Waals surface area contributed by atoms with Crippen molar-refractivity contribution in [2.75, 3.05) is 6.54 Å². The van der Waals surface area contributed by atoms with E-state index in [2.05, 4.69) is 20.3 Å². The molecular weight excluding hydrogens is 354 g/mol. The molecule has 0 fully saturated rings. The normalized spacial score (nSPS) is 12.6. The molecule has 1 aliphatic heterocycles. The van der Waals surface area contributed by atoms with Gasteiger partial charge in [0.15, 0.2) is 0 Å². The van der Waals surface area contributed by atoms with Crippen molar-refractivity contribution in [3.05, 3.63) is 94.1 Å². The molecule has 138 valence electrons. The lowest BCUT2D eigenvalue weighted by atomic mass is 9.96. The van der Waals surface area contributed by atoms with E-state index < -0.39 is 6.04 Å². The second kappa shape index (κ2) is 7.82. The predicted octanol–water partition coefficient (Wildman–Crippen LogP) is 4.42. The van der Waals surface area contributed by atoms with Gasteiger partial charge in [0.1, 0.15) is 12.4 Å². The van der Waals surface area contributed by atoms with E-state index in [1.54, 1.807) is 18.5 Å². The minimum absolute atomic E-state index is 0.140. The molecule has 0 aliphatic carbocycles. The van der Waals surface area contributed by atoms with Crippen molar-refractivity contribution in [3.63, 3.8) is 0 Å². The zero-order valence-electron chi connectivity index (χ0n) is 14.9. The molecule has 1 atom stereocenters. The van der Waals surface area contributed by atoms with Crippen molar-refractivity contribution < 1.29 is 9.53 Å². The summed E-state index contributed by atoms with van der Waals surface area (Å²) in [6.07, 6.45) is 3.41. The van der Waals surface area contributed by atoms with Crippen LogP contribution < -0.4 is 10.1 Å². The first-order valence-corrected chi connectivity index (χ1v) is 8.83. The molecule has 1 amide bonds. The Morgan fingerprint density at radius 3 is 2.89 bits per heavy atom. The Morgan fingerprint density at radius 1 is 1.21 bits per heavy atom. The number of pyridine rings is 1. The molecule has 7 nitrogen and oxygen atoms in total. The number of rotatable bonds is 5. The summed E-state index contributed by atoms with van der Waals surface area (Å²) in [5, 5.41) is 6.59. The molecular formula is C21H17N5O2. The van der Waals surface area contributed by atoms with Gasteiger partial charge in [-0.25, -0.2) is 0 Å². The summed E-state index contributed by atoms with van der Waals surface area (Å²) >= 11 is 0. The Kier molecular flexibility index (Phi) is 4.91. The van der Waals surface area contributed by atoms with E-state index >= 15 is 0 Å². The first-order chi connectivity index (χ1) is 13.8. The minimum atomic E-state index is -0.399. The highest BCUT2D eigenvalue weighted by Crippen LogP contribution is 2.36. The lowest BCUT2D eigenvalue weighted by Crippen LogP contribution is -2.30. The van der Waals surface area contributed by atoms with Crippen LogP contribution in [0.2, 0.25) is 0 Å². The Hall–Kier alpha value is -3.83. The standard InChI is InChI=1S/C21H17N5O2/c22-26-24-11-19(14-4-2-1-3-5-14)25-21(27)15-6-7-17-16(10-15)13-28-20-12-23-9-8-18(17)20/h1-10,12,19H,11,13H2,(H,25,27). The third-order valence-corrected chi connectivity index (χ3v) is 4.66. The fourth-order valence-electron chi connectivity index (χ4n) is 3.27. The van der Waals surface area contributed by atoms with Crippen molar-refractivity contribution in [1.82, 2.24) is 10.3 Å². The SMILES string of the molecule is [N-]=[N+]=NCC(NC(=O)c1ccc2c(c1)COc1cnccc1-2)c1ccccc1. The summed E-state index contributed by atoms with van der Waals surface area (Å²) in [5.74, 6) is 0.510. The Bertz CT molecular complexity index is 1060. The third kappa shape index (κ3) is 3.51. The number of aromatic nitrogens is 1. The van der Waals surface area contributed by atoms with Crippen molar-refractivity contribution in [3.8, 4) is 16.9 Å². The highest BCUT2D eigenvalue weighted by atomic mass is 16.5. The Balaban J connectivity index is 1.59. The van der Waals surface area contributed by atoms with Gasteiger partial charge in [-0.1, -0.05) is 41.5 Å². The third-order valence-electron chi connectivity index (χ3n) is 4.66. The van der Waals surface area contributed by atoms with Crippen molar-refractivity contribution in [2.45, 2.75) is 12.6 Å². The Morgan fingerprint density at radius 2 is 2.07 bits per heavy atom. The number of carbonyl (C=O) groups is 1. The largest absolute Gasteiger partial charge is 0.487 e. The number of amides is 1. The number of nitrogens with one attached hydrogen (secondary N) is 1. The summed E-state index contributed by atoms with van der Waals surface area (Å²) in [5.41, 5.74) is 13.0. The van der Waals surface area contributed by atoms with Crippen LogP contribution in [0.1, 0.15) is 27.5 Å². The molecule has 0 radical (unpaired) electrons. The molecule has 0 bridgehead atoms. The van der Waals surface area contributed by atoms with E-state index in [1.165, 1.54) is 0 Å². The van der Waals surface area contributed by atoms with Crippen LogP contribution in [0.4, 0.5) is 0 Å². The quantitative estimate of drug-likeness (QED) is 0.408. The number of nitrogens with zero attached hydrogens (tertiary/aromatic N) is 4. The van der Waals surface area contributed by atoms with Crippen LogP contribution in [0.5, 0.6) is 5.75 Å². The zero-order chi connectivity index (χ0) is 19.3. The van der Waals surface area contributed by atoms with Gasteiger partial charge < -0.3 is 10.1 Å². The average molecular weight is 371 g/mol. The lowest BCUT2D eigenvalue weighted by molar-refractivity contribution is 0.0937. The molecule has 28 heavy (non-hydrogen) atoms. The Labute approximate surface area is 161 Å². The number of benzene rings is 2. The highest BCUT2D eigenvalue weighted by Gasteiger charge is 2.20. The number of hydrogen-bond donors (Lipinski definition) is 1. The van der Waals surface area contributed by atoms with E-state index in [4.69, 9.17) is 10.3 Å². The van der Waals surface area contributed by atoms with Gasteiger partial charge in [0, 0.05) is 22.2 Å². The van der Waals surface area contributed by atoms with E-state index in [1.807, 2.05) is 48.5 Å². The number of carbonyl (C=O) groups excluding carboxylic acids is 1. The van der Waals surface area contributed by atoms with Gasteiger partial charge in [0.2, 0.25) is 0 Å². The number of fused-ring (bicyclic) bond motifs is 3. The minimum Gasteiger partial charge on any atom is -0.487 e. The molecule has 1 aliphatic rings. The first-order valence-electron chi connectivity index (χ1n) is 8.83. The molecule has 2 aromatic carbocycles.